The van der Waals surface area contributed by atoms with Gasteiger partial charge in [0.15, 0.2) is 0 Å². The molecule has 9 nitrogen and oxygen atoms in total. The number of ether oxygens (including phenoxy) is 2. The van der Waals surface area contributed by atoms with Gasteiger partial charge in [-0.1, -0.05) is 18.2 Å². The second-order valence-electron chi connectivity index (χ2n) is 5.89. The van der Waals surface area contributed by atoms with Crippen LogP contribution in [0.25, 0.3) is 0 Å². The van der Waals surface area contributed by atoms with Gasteiger partial charge in [-0.3, -0.25) is 19.7 Å². The van der Waals surface area contributed by atoms with Crippen LogP contribution in [0, 0.1) is 17.0 Å². The maximum atomic E-state index is 12.1. The molecular weight excluding hydrogens is 366 g/mol. The van der Waals surface area contributed by atoms with Crippen LogP contribution < -0.4 is 15.4 Å². The van der Waals surface area contributed by atoms with Crippen molar-refractivity contribution in [1.29, 1.82) is 0 Å². The summed E-state index contributed by atoms with van der Waals surface area (Å²) >= 11 is 0. The van der Waals surface area contributed by atoms with E-state index < -0.39 is 22.8 Å². The Morgan fingerprint density at radius 1 is 1.14 bits per heavy atom. The first-order chi connectivity index (χ1) is 13.4. The Hall–Kier alpha value is -3.46. The lowest BCUT2D eigenvalue weighted by Gasteiger charge is -2.19. The molecule has 0 aliphatic carbocycles. The van der Waals surface area contributed by atoms with Gasteiger partial charge in [-0.2, -0.15) is 0 Å². The fraction of sp³-hybridized carbons (Fsp3) is 0.263. The minimum absolute atomic E-state index is 0.0579. The smallest absolute Gasteiger partial charge is 0.313 e. The van der Waals surface area contributed by atoms with Crippen LogP contribution in [0.5, 0.6) is 5.75 Å². The third-order valence-corrected chi connectivity index (χ3v) is 4.09. The number of methoxy groups -OCH3 is 2. The zero-order valence-electron chi connectivity index (χ0n) is 15.7. The molecule has 0 aliphatic heterocycles. The number of carbonyl (C=O) groups is 2. The van der Waals surface area contributed by atoms with Crippen LogP contribution in [-0.4, -0.2) is 37.5 Å². The summed E-state index contributed by atoms with van der Waals surface area (Å²) in [5.41, 5.74) is 1.43. The lowest BCUT2D eigenvalue weighted by molar-refractivity contribution is -0.384. The Labute approximate surface area is 161 Å². The zero-order chi connectivity index (χ0) is 20.7. The minimum atomic E-state index is -0.883. The first kappa shape index (κ1) is 20.8. The summed E-state index contributed by atoms with van der Waals surface area (Å²) in [5, 5.41) is 15.7. The molecule has 0 bridgehead atoms. The van der Waals surface area contributed by atoms with Crippen molar-refractivity contribution < 1.29 is 24.0 Å². The zero-order valence-corrected chi connectivity index (χ0v) is 15.7. The molecule has 148 valence electrons. The molecule has 0 heterocycles. The van der Waals surface area contributed by atoms with Gasteiger partial charge in [-0.15, -0.1) is 0 Å². The van der Waals surface area contributed by atoms with Crippen LogP contribution in [0.2, 0.25) is 0 Å². The molecule has 9 heteroatoms. The molecule has 0 spiro atoms. The predicted octanol–water partition coefficient (Wildman–Crippen LogP) is 2.35. The highest BCUT2D eigenvalue weighted by Crippen LogP contribution is 2.26. The molecule has 0 saturated heterocycles. The quantitative estimate of drug-likeness (QED) is 0.427. The SMILES string of the molecule is COc1ccccc1C(CNC(=O)C(=O)Nc1ccc([N+](=O)[O-])cc1C)OC. The molecule has 2 aromatic carbocycles. The predicted molar refractivity (Wildman–Crippen MR) is 102 cm³/mol. The van der Waals surface area contributed by atoms with Gasteiger partial charge in [0.05, 0.1) is 12.0 Å². The topological polar surface area (TPSA) is 120 Å². The third-order valence-electron chi connectivity index (χ3n) is 4.09. The van der Waals surface area contributed by atoms with Gasteiger partial charge in [0.1, 0.15) is 11.9 Å². The molecule has 0 fully saturated rings. The fourth-order valence-electron chi connectivity index (χ4n) is 2.60. The maximum absolute atomic E-state index is 12.1. The average Bonchev–Trinajstić information content (AvgIpc) is 2.69. The number of nitrogens with zero attached hydrogens (tertiary/aromatic N) is 1. The van der Waals surface area contributed by atoms with E-state index in [1.807, 2.05) is 12.1 Å². The Balaban J connectivity index is 2.00. The number of aryl methyl sites for hydroxylation is 1. The Morgan fingerprint density at radius 3 is 2.46 bits per heavy atom. The van der Waals surface area contributed by atoms with Crippen molar-refractivity contribution >= 4 is 23.2 Å². The molecule has 0 aliphatic rings. The first-order valence-corrected chi connectivity index (χ1v) is 8.37. The van der Waals surface area contributed by atoms with Crippen molar-refractivity contribution in [3.05, 3.63) is 63.7 Å². The Bertz CT molecular complexity index is 884. The van der Waals surface area contributed by atoms with Crippen molar-refractivity contribution in [3.63, 3.8) is 0 Å². The van der Waals surface area contributed by atoms with Crippen LogP contribution in [0.4, 0.5) is 11.4 Å². The number of nitro groups is 1. The van der Waals surface area contributed by atoms with Gasteiger partial charge >= 0.3 is 11.8 Å². The van der Waals surface area contributed by atoms with Gasteiger partial charge in [-0.05, 0) is 24.6 Å². The number of carbonyl (C=O) groups excluding carboxylic acids is 2. The third kappa shape index (κ3) is 5.04. The summed E-state index contributed by atoms with van der Waals surface area (Å²) < 4.78 is 10.7. The van der Waals surface area contributed by atoms with E-state index in [2.05, 4.69) is 10.6 Å². The van der Waals surface area contributed by atoms with Crippen molar-refractivity contribution in [2.24, 2.45) is 0 Å². The standard InChI is InChI=1S/C19H21N3O6/c1-12-10-13(22(25)26)8-9-15(12)21-19(24)18(23)20-11-17(28-3)14-6-4-5-7-16(14)27-2/h4-10,17H,11H2,1-3H3,(H,20,23)(H,21,24). The van der Waals surface area contributed by atoms with Crippen molar-refractivity contribution in [2.75, 3.05) is 26.1 Å². The summed E-state index contributed by atoms with van der Waals surface area (Å²) in [6.45, 7) is 1.66. The Kier molecular flexibility index (Phi) is 7.05. The molecule has 0 aromatic heterocycles. The Morgan fingerprint density at radius 2 is 1.86 bits per heavy atom. The van der Waals surface area contributed by atoms with Crippen LogP contribution in [0.15, 0.2) is 42.5 Å². The molecule has 1 atom stereocenters. The molecule has 28 heavy (non-hydrogen) atoms. The maximum Gasteiger partial charge on any atom is 0.313 e. The normalized spacial score (nSPS) is 11.4. The van der Waals surface area contributed by atoms with Crippen LogP contribution in [0.1, 0.15) is 17.2 Å². The fourth-order valence-corrected chi connectivity index (χ4v) is 2.60. The number of hydrogen-bond donors (Lipinski definition) is 2. The van der Waals surface area contributed by atoms with Gasteiger partial charge in [-0.25, -0.2) is 0 Å². The van der Waals surface area contributed by atoms with Crippen molar-refractivity contribution in [2.45, 2.75) is 13.0 Å². The van der Waals surface area contributed by atoms with E-state index in [-0.39, 0.29) is 12.2 Å². The van der Waals surface area contributed by atoms with E-state index in [0.717, 1.165) is 5.56 Å². The highest BCUT2D eigenvalue weighted by Gasteiger charge is 2.20. The lowest BCUT2D eigenvalue weighted by atomic mass is 10.1. The van der Waals surface area contributed by atoms with Crippen LogP contribution in [0.3, 0.4) is 0 Å². The van der Waals surface area contributed by atoms with E-state index in [9.17, 15) is 19.7 Å². The second-order valence-corrected chi connectivity index (χ2v) is 5.89. The number of amides is 2. The highest BCUT2D eigenvalue weighted by molar-refractivity contribution is 6.39. The molecule has 2 aromatic rings. The first-order valence-electron chi connectivity index (χ1n) is 8.37. The summed E-state index contributed by atoms with van der Waals surface area (Å²) in [6, 6.07) is 11.2. The molecule has 0 saturated carbocycles. The van der Waals surface area contributed by atoms with Gasteiger partial charge in [0.25, 0.3) is 5.69 Å². The molecule has 2 N–H and O–H groups in total. The number of non-ortho nitro benzene ring substituents is 1. The van der Waals surface area contributed by atoms with Crippen molar-refractivity contribution in [3.8, 4) is 5.75 Å². The van der Waals surface area contributed by atoms with Crippen LogP contribution >= 0.6 is 0 Å². The van der Waals surface area contributed by atoms with E-state index in [0.29, 0.717) is 17.0 Å². The summed E-state index contributed by atoms with van der Waals surface area (Å²) in [4.78, 5) is 34.5. The largest absolute Gasteiger partial charge is 0.496 e. The summed E-state index contributed by atoms with van der Waals surface area (Å²) in [6.07, 6.45) is -0.506. The van der Waals surface area contributed by atoms with E-state index >= 15 is 0 Å². The lowest BCUT2D eigenvalue weighted by Crippen LogP contribution is -2.38. The number of anilines is 1. The van der Waals surface area contributed by atoms with E-state index in [1.54, 1.807) is 19.1 Å². The molecule has 0 radical (unpaired) electrons. The number of benzene rings is 2. The van der Waals surface area contributed by atoms with Crippen LogP contribution in [-0.2, 0) is 14.3 Å². The highest BCUT2D eigenvalue weighted by atomic mass is 16.6. The van der Waals surface area contributed by atoms with Crippen molar-refractivity contribution in [1.82, 2.24) is 5.32 Å². The van der Waals surface area contributed by atoms with E-state index in [1.165, 1.54) is 32.4 Å². The number of hydrogen-bond acceptors (Lipinski definition) is 6. The van der Waals surface area contributed by atoms with E-state index in [4.69, 9.17) is 9.47 Å². The monoisotopic (exact) mass is 387 g/mol. The van der Waals surface area contributed by atoms with Gasteiger partial charge in [0, 0.05) is 37.0 Å². The molecular formula is C19H21N3O6. The average molecular weight is 387 g/mol. The van der Waals surface area contributed by atoms with Gasteiger partial charge in [0.2, 0.25) is 0 Å². The number of rotatable bonds is 7. The number of nitro benzene ring substituents is 1. The summed E-state index contributed by atoms with van der Waals surface area (Å²) in [5.74, 6) is -1.13. The summed E-state index contributed by atoms with van der Waals surface area (Å²) in [7, 11) is 3.02. The minimum Gasteiger partial charge on any atom is -0.496 e. The molecule has 2 amide bonds. The van der Waals surface area contributed by atoms with Gasteiger partial charge < -0.3 is 20.1 Å². The number of para-hydroxylation sites is 1. The number of nitrogens with one attached hydrogen (secondary N) is 2. The molecule has 1 unspecified atom stereocenters. The molecule has 2 rings (SSSR count). The second kappa shape index (κ2) is 9.47.